The summed E-state index contributed by atoms with van der Waals surface area (Å²) in [4.78, 5) is 14.9. The Labute approximate surface area is 139 Å². The third-order valence-electron chi connectivity index (χ3n) is 3.76. The molecule has 124 valence electrons. The molecule has 0 spiro atoms. The zero-order valence-corrected chi connectivity index (χ0v) is 14.6. The van der Waals surface area contributed by atoms with Crippen molar-refractivity contribution in [3.8, 4) is 0 Å². The minimum absolute atomic E-state index is 0.168. The van der Waals surface area contributed by atoms with Gasteiger partial charge in [-0.15, -0.1) is 11.3 Å². The van der Waals surface area contributed by atoms with Crippen molar-refractivity contribution >= 4 is 27.3 Å². The summed E-state index contributed by atoms with van der Waals surface area (Å²) in [5, 5.41) is 6.71. The Morgan fingerprint density at radius 3 is 2.43 bits per heavy atom. The van der Waals surface area contributed by atoms with Crippen LogP contribution in [0.1, 0.15) is 21.1 Å². The first-order chi connectivity index (χ1) is 10.9. The molecule has 1 saturated heterocycles. The van der Waals surface area contributed by atoms with E-state index in [0.717, 1.165) is 10.6 Å². The largest absolute Gasteiger partial charge is 0.335 e. The van der Waals surface area contributed by atoms with Gasteiger partial charge in [-0.05, 0) is 32.0 Å². The lowest BCUT2D eigenvalue weighted by molar-refractivity contribution is 0.0692. The minimum atomic E-state index is -3.46. The molecule has 1 aliphatic rings. The third kappa shape index (κ3) is 3.17. The Morgan fingerprint density at radius 2 is 1.91 bits per heavy atom. The molecule has 1 fully saturated rings. The van der Waals surface area contributed by atoms with Gasteiger partial charge in [-0.3, -0.25) is 9.89 Å². The van der Waals surface area contributed by atoms with Crippen molar-refractivity contribution in [3.63, 3.8) is 0 Å². The van der Waals surface area contributed by atoms with E-state index in [0.29, 0.717) is 36.1 Å². The van der Waals surface area contributed by atoms with Crippen molar-refractivity contribution in [2.24, 2.45) is 0 Å². The van der Waals surface area contributed by atoms with Crippen molar-refractivity contribution in [2.45, 2.75) is 18.1 Å². The maximum Gasteiger partial charge on any atom is 0.274 e. The first-order valence-electron chi connectivity index (χ1n) is 7.26. The fourth-order valence-corrected chi connectivity index (χ4v) is 5.36. The Kier molecular flexibility index (Phi) is 4.26. The highest BCUT2D eigenvalue weighted by Gasteiger charge is 2.31. The van der Waals surface area contributed by atoms with Crippen molar-refractivity contribution in [1.29, 1.82) is 0 Å². The average molecular weight is 354 g/mol. The fraction of sp³-hybridized carbons (Fsp3) is 0.429. The van der Waals surface area contributed by atoms with Crippen LogP contribution in [0.15, 0.2) is 22.4 Å². The summed E-state index contributed by atoms with van der Waals surface area (Å²) in [6, 6.07) is 5.14. The maximum absolute atomic E-state index is 12.6. The van der Waals surface area contributed by atoms with E-state index >= 15 is 0 Å². The van der Waals surface area contributed by atoms with E-state index in [4.69, 9.17) is 0 Å². The Balaban J connectivity index is 1.67. The van der Waals surface area contributed by atoms with Crippen LogP contribution < -0.4 is 0 Å². The molecule has 3 rings (SSSR count). The summed E-state index contributed by atoms with van der Waals surface area (Å²) in [7, 11) is -3.46. The van der Waals surface area contributed by atoms with Crippen LogP contribution in [0.3, 0.4) is 0 Å². The smallest absolute Gasteiger partial charge is 0.274 e. The molecule has 23 heavy (non-hydrogen) atoms. The number of nitrogens with one attached hydrogen (secondary N) is 1. The van der Waals surface area contributed by atoms with Crippen molar-refractivity contribution in [3.05, 3.63) is 34.5 Å². The molecule has 7 nitrogen and oxygen atoms in total. The molecule has 3 heterocycles. The monoisotopic (exact) mass is 354 g/mol. The van der Waals surface area contributed by atoms with Gasteiger partial charge in [0, 0.05) is 36.8 Å². The first kappa shape index (κ1) is 16.2. The molecule has 1 aliphatic heterocycles. The minimum Gasteiger partial charge on any atom is -0.335 e. The summed E-state index contributed by atoms with van der Waals surface area (Å²) in [5.74, 6) is -0.168. The van der Waals surface area contributed by atoms with Crippen molar-refractivity contribution in [2.75, 3.05) is 26.2 Å². The van der Waals surface area contributed by atoms with E-state index < -0.39 is 10.0 Å². The van der Waals surface area contributed by atoms with Crippen molar-refractivity contribution in [1.82, 2.24) is 19.4 Å². The predicted octanol–water partition coefficient (Wildman–Crippen LogP) is 1.23. The molecule has 1 N–H and O–H groups in total. The van der Waals surface area contributed by atoms with Gasteiger partial charge in [-0.2, -0.15) is 9.40 Å². The highest BCUT2D eigenvalue weighted by atomic mass is 32.2. The summed E-state index contributed by atoms with van der Waals surface area (Å²) < 4.78 is 26.9. The number of amides is 1. The van der Waals surface area contributed by atoms with Crippen LogP contribution in [0, 0.1) is 13.8 Å². The normalized spacial score (nSPS) is 16.7. The van der Waals surface area contributed by atoms with Gasteiger partial charge in [-0.1, -0.05) is 0 Å². The molecule has 9 heteroatoms. The average Bonchev–Trinajstić information content (AvgIpc) is 3.15. The number of sulfonamides is 1. The van der Waals surface area contributed by atoms with Gasteiger partial charge in [0.05, 0.1) is 0 Å². The maximum atomic E-state index is 12.6. The number of aryl methyl sites for hydroxylation is 2. The lowest BCUT2D eigenvalue weighted by atomic mass is 10.3. The second kappa shape index (κ2) is 6.06. The van der Waals surface area contributed by atoms with Gasteiger partial charge in [-0.25, -0.2) is 8.42 Å². The number of carbonyl (C=O) groups is 1. The fourth-order valence-electron chi connectivity index (χ4n) is 2.50. The summed E-state index contributed by atoms with van der Waals surface area (Å²) >= 11 is 1.27. The SMILES string of the molecule is Cc1cc(C(=O)N2CCN(S(=O)(=O)c3ccc(C)s3)CC2)n[nH]1. The molecule has 1 amide bonds. The summed E-state index contributed by atoms with van der Waals surface area (Å²) in [6.07, 6.45) is 0. The van der Waals surface area contributed by atoms with Gasteiger partial charge < -0.3 is 4.90 Å². The lowest BCUT2D eigenvalue weighted by Gasteiger charge is -2.33. The molecule has 0 radical (unpaired) electrons. The van der Waals surface area contributed by atoms with Crippen LogP contribution in [0.4, 0.5) is 0 Å². The molecule has 0 aliphatic carbocycles. The van der Waals surface area contributed by atoms with Gasteiger partial charge in [0.2, 0.25) is 0 Å². The van der Waals surface area contributed by atoms with Crippen LogP contribution in [-0.4, -0.2) is 59.9 Å². The molecule has 0 atom stereocenters. The second-order valence-corrected chi connectivity index (χ2v) is 8.95. The molecule has 0 saturated carbocycles. The van der Waals surface area contributed by atoms with Gasteiger partial charge in [0.25, 0.3) is 15.9 Å². The highest BCUT2D eigenvalue weighted by Crippen LogP contribution is 2.25. The number of H-pyrrole nitrogens is 1. The molecular weight excluding hydrogens is 336 g/mol. The van der Waals surface area contributed by atoms with Gasteiger partial charge in [0.15, 0.2) is 0 Å². The van der Waals surface area contributed by atoms with E-state index in [1.165, 1.54) is 15.6 Å². The van der Waals surface area contributed by atoms with Crippen LogP contribution in [0.5, 0.6) is 0 Å². The Morgan fingerprint density at radius 1 is 1.22 bits per heavy atom. The van der Waals surface area contributed by atoms with Crippen LogP contribution >= 0.6 is 11.3 Å². The van der Waals surface area contributed by atoms with Gasteiger partial charge >= 0.3 is 0 Å². The Hall–Kier alpha value is -1.71. The van der Waals surface area contributed by atoms with E-state index in [2.05, 4.69) is 10.2 Å². The van der Waals surface area contributed by atoms with E-state index in [9.17, 15) is 13.2 Å². The number of thiophene rings is 1. The number of nitrogens with zero attached hydrogens (tertiary/aromatic N) is 3. The van der Waals surface area contributed by atoms with Crippen molar-refractivity contribution < 1.29 is 13.2 Å². The highest BCUT2D eigenvalue weighted by molar-refractivity contribution is 7.91. The predicted molar refractivity (Wildman–Crippen MR) is 87.0 cm³/mol. The summed E-state index contributed by atoms with van der Waals surface area (Å²) in [6.45, 7) is 5.05. The molecule has 2 aromatic rings. The molecule has 0 unspecified atom stereocenters. The van der Waals surface area contributed by atoms with E-state index in [1.807, 2.05) is 13.8 Å². The number of aromatic nitrogens is 2. The second-order valence-electron chi connectivity index (χ2n) is 5.50. The molecule has 0 aromatic carbocycles. The van der Waals surface area contributed by atoms with Crippen LogP contribution in [-0.2, 0) is 10.0 Å². The molecular formula is C14H18N4O3S2. The third-order valence-corrected chi connectivity index (χ3v) is 7.13. The standard InChI is InChI=1S/C14H18N4O3S2/c1-10-9-12(16-15-10)14(19)17-5-7-18(8-6-17)23(20,21)13-4-3-11(2)22-13/h3-4,9H,5-8H2,1-2H3,(H,15,16). The van der Waals surface area contributed by atoms with Crippen LogP contribution in [0.2, 0.25) is 0 Å². The Bertz CT molecular complexity index is 817. The zero-order chi connectivity index (χ0) is 16.6. The van der Waals surface area contributed by atoms with Gasteiger partial charge in [0.1, 0.15) is 9.90 Å². The topological polar surface area (TPSA) is 86.4 Å². The first-order valence-corrected chi connectivity index (χ1v) is 9.51. The van der Waals surface area contributed by atoms with E-state index in [1.54, 1.807) is 23.1 Å². The lowest BCUT2D eigenvalue weighted by Crippen LogP contribution is -2.50. The summed E-state index contributed by atoms with van der Waals surface area (Å²) in [5.41, 5.74) is 1.19. The molecule has 0 bridgehead atoms. The number of aromatic amines is 1. The quantitative estimate of drug-likeness (QED) is 0.898. The number of carbonyl (C=O) groups excluding carboxylic acids is 1. The van der Waals surface area contributed by atoms with Crippen LogP contribution in [0.25, 0.3) is 0 Å². The zero-order valence-electron chi connectivity index (χ0n) is 12.9. The number of rotatable bonds is 3. The van der Waals surface area contributed by atoms with E-state index in [-0.39, 0.29) is 5.91 Å². The molecule has 2 aromatic heterocycles. The number of hydrogen-bond acceptors (Lipinski definition) is 5. The number of hydrogen-bond donors (Lipinski definition) is 1. The number of piperazine rings is 1.